The SMILES string of the molecule is O=C(NCCOc1ccccc1)c1ccc(-c2ccccn2)cc1. The third-order valence-corrected chi connectivity index (χ3v) is 3.51. The topological polar surface area (TPSA) is 51.2 Å². The van der Waals surface area contributed by atoms with Crippen molar-refractivity contribution in [3.63, 3.8) is 0 Å². The van der Waals surface area contributed by atoms with Crippen LogP contribution in [0.3, 0.4) is 0 Å². The van der Waals surface area contributed by atoms with Crippen LogP contribution in [0.2, 0.25) is 0 Å². The molecule has 1 heterocycles. The largest absolute Gasteiger partial charge is 0.492 e. The maximum Gasteiger partial charge on any atom is 0.251 e. The predicted octanol–water partition coefficient (Wildman–Crippen LogP) is 3.56. The molecule has 0 aliphatic rings. The molecule has 120 valence electrons. The van der Waals surface area contributed by atoms with Crippen LogP contribution in [0.4, 0.5) is 0 Å². The Kier molecular flexibility index (Phi) is 5.20. The molecule has 0 bridgehead atoms. The van der Waals surface area contributed by atoms with Gasteiger partial charge in [0.05, 0.1) is 12.2 Å². The molecule has 2 aromatic carbocycles. The number of carbonyl (C=O) groups is 1. The molecule has 0 aliphatic heterocycles. The molecule has 3 rings (SSSR count). The van der Waals surface area contributed by atoms with Crippen LogP contribution in [0.1, 0.15) is 10.4 Å². The summed E-state index contributed by atoms with van der Waals surface area (Å²) in [7, 11) is 0. The van der Waals surface area contributed by atoms with Gasteiger partial charge in [0.25, 0.3) is 5.91 Å². The van der Waals surface area contributed by atoms with Gasteiger partial charge in [0.15, 0.2) is 0 Å². The Bertz CT molecular complexity index is 772. The molecule has 0 atom stereocenters. The zero-order chi connectivity index (χ0) is 16.6. The monoisotopic (exact) mass is 318 g/mol. The highest BCUT2D eigenvalue weighted by atomic mass is 16.5. The molecule has 1 N–H and O–H groups in total. The number of nitrogens with one attached hydrogen (secondary N) is 1. The smallest absolute Gasteiger partial charge is 0.251 e. The summed E-state index contributed by atoms with van der Waals surface area (Å²) in [5, 5.41) is 2.85. The standard InChI is InChI=1S/C20H18N2O2/c23-20(22-14-15-24-18-6-2-1-3-7-18)17-11-9-16(10-12-17)19-8-4-5-13-21-19/h1-13H,14-15H2,(H,22,23). The summed E-state index contributed by atoms with van der Waals surface area (Å²) in [4.78, 5) is 16.4. The number of hydrogen-bond donors (Lipinski definition) is 1. The van der Waals surface area contributed by atoms with Crippen molar-refractivity contribution in [3.8, 4) is 17.0 Å². The zero-order valence-corrected chi connectivity index (χ0v) is 13.2. The van der Waals surface area contributed by atoms with E-state index in [9.17, 15) is 4.79 Å². The summed E-state index contributed by atoms with van der Waals surface area (Å²) >= 11 is 0. The predicted molar refractivity (Wildman–Crippen MR) is 93.9 cm³/mol. The fourth-order valence-corrected chi connectivity index (χ4v) is 2.28. The van der Waals surface area contributed by atoms with Crippen molar-refractivity contribution in [2.75, 3.05) is 13.2 Å². The molecule has 0 radical (unpaired) electrons. The molecule has 0 aliphatic carbocycles. The van der Waals surface area contributed by atoms with E-state index in [2.05, 4.69) is 10.3 Å². The third-order valence-electron chi connectivity index (χ3n) is 3.51. The second kappa shape index (κ2) is 7.92. The third kappa shape index (κ3) is 4.20. The van der Waals surface area contributed by atoms with Crippen molar-refractivity contribution in [1.82, 2.24) is 10.3 Å². The van der Waals surface area contributed by atoms with E-state index in [1.807, 2.05) is 60.7 Å². The molecule has 1 amide bonds. The zero-order valence-electron chi connectivity index (χ0n) is 13.2. The lowest BCUT2D eigenvalue weighted by Crippen LogP contribution is -2.28. The second-order valence-corrected chi connectivity index (χ2v) is 5.21. The lowest BCUT2D eigenvalue weighted by Gasteiger charge is -2.08. The highest BCUT2D eigenvalue weighted by Crippen LogP contribution is 2.16. The van der Waals surface area contributed by atoms with Crippen molar-refractivity contribution in [1.29, 1.82) is 0 Å². The van der Waals surface area contributed by atoms with Gasteiger partial charge in [-0.25, -0.2) is 0 Å². The molecule has 0 fully saturated rings. The fraction of sp³-hybridized carbons (Fsp3) is 0.100. The van der Waals surface area contributed by atoms with Crippen LogP contribution >= 0.6 is 0 Å². The van der Waals surface area contributed by atoms with Crippen molar-refractivity contribution < 1.29 is 9.53 Å². The van der Waals surface area contributed by atoms with Gasteiger partial charge >= 0.3 is 0 Å². The molecular weight excluding hydrogens is 300 g/mol. The molecule has 1 aromatic heterocycles. The first-order valence-electron chi connectivity index (χ1n) is 7.80. The van der Waals surface area contributed by atoms with E-state index in [0.717, 1.165) is 17.0 Å². The molecule has 0 saturated carbocycles. The lowest BCUT2D eigenvalue weighted by atomic mass is 10.1. The van der Waals surface area contributed by atoms with Crippen LogP contribution in [-0.4, -0.2) is 24.0 Å². The summed E-state index contributed by atoms with van der Waals surface area (Å²) in [5.41, 5.74) is 2.50. The minimum absolute atomic E-state index is 0.112. The van der Waals surface area contributed by atoms with Gasteiger partial charge in [0, 0.05) is 17.3 Å². The van der Waals surface area contributed by atoms with Crippen molar-refractivity contribution in [3.05, 3.63) is 84.6 Å². The number of rotatable bonds is 6. The minimum atomic E-state index is -0.112. The number of carbonyl (C=O) groups excluding carboxylic acids is 1. The molecule has 0 spiro atoms. The summed E-state index contributed by atoms with van der Waals surface area (Å²) in [5.74, 6) is 0.686. The number of aromatic nitrogens is 1. The van der Waals surface area contributed by atoms with E-state index >= 15 is 0 Å². The van der Waals surface area contributed by atoms with Crippen molar-refractivity contribution in [2.45, 2.75) is 0 Å². The van der Waals surface area contributed by atoms with E-state index in [1.165, 1.54) is 0 Å². The average molecular weight is 318 g/mol. The molecule has 3 aromatic rings. The Labute approximate surface area is 141 Å². The molecule has 4 nitrogen and oxygen atoms in total. The van der Waals surface area contributed by atoms with Gasteiger partial charge in [-0.05, 0) is 36.4 Å². The highest BCUT2D eigenvalue weighted by molar-refractivity contribution is 5.94. The van der Waals surface area contributed by atoms with Crippen molar-refractivity contribution >= 4 is 5.91 Å². The van der Waals surface area contributed by atoms with Crippen LogP contribution in [0.15, 0.2) is 79.0 Å². The van der Waals surface area contributed by atoms with E-state index < -0.39 is 0 Å². The Hall–Kier alpha value is -3.14. The number of nitrogens with zero attached hydrogens (tertiary/aromatic N) is 1. The summed E-state index contributed by atoms with van der Waals surface area (Å²) in [6, 6.07) is 22.7. The summed E-state index contributed by atoms with van der Waals surface area (Å²) in [6.07, 6.45) is 1.75. The Morgan fingerprint density at radius 3 is 2.38 bits per heavy atom. The number of para-hydroxylation sites is 1. The van der Waals surface area contributed by atoms with Gasteiger partial charge in [-0.15, -0.1) is 0 Å². The Morgan fingerprint density at radius 1 is 0.917 bits per heavy atom. The van der Waals surface area contributed by atoms with E-state index in [4.69, 9.17) is 4.74 Å². The van der Waals surface area contributed by atoms with Gasteiger partial charge < -0.3 is 10.1 Å². The molecule has 4 heteroatoms. The molecule has 0 unspecified atom stereocenters. The Morgan fingerprint density at radius 2 is 1.67 bits per heavy atom. The van der Waals surface area contributed by atoms with E-state index in [-0.39, 0.29) is 5.91 Å². The maximum atomic E-state index is 12.1. The van der Waals surface area contributed by atoms with E-state index in [0.29, 0.717) is 18.7 Å². The number of amides is 1. The first kappa shape index (κ1) is 15.7. The van der Waals surface area contributed by atoms with Crippen LogP contribution in [0.25, 0.3) is 11.3 Å². The number of benzene rings is 2. The average Bonchev–Trinajstić information content (AvgIpc) is 2.67. The lowest BCUT2D eigenvalue weighted by molar-refractivity contribution is 0.0947. The number of pyridine rings is 1. The van der Waals surface area contributed by atoms with Crippen LogP contribution in [0, 0.1) is 0 Å². The maximum absolute atomic E-state index is 12.1. The second-order valence-electron chi connectivity index (χ2n) is 5.21. The van der Waals surface area contributed by atoms with Gasteiger partial charge in [-0.1, -0.05) is 36.4 Å². The minimum Gasteiger partial charge on any atom is -0.492 e. The fourth-order valence-electron chi connectivity index (χ4n) is 2.28. The van der Waals surface area contributed by atoms with Crippen LogP contribution in [-0.2, 0) is 0 Å². The van der Waals surface area contributed by atoms with Crippen LogP contribution in [0.5, 0.6) is 5.75 Å². The van der Waals surface area contributed by atoms with E-state index in [1.54, 1.807) is 18.3 Å². The Balaban J connectivity index is 1.50. The molecule has 24 heavy (non-hydrogen) atoms. The van der Waals surface area contributed by atoms with Gasteiger partial charge in [0.2, 0.25) is 0 Å². The van der Waals surface area contributed by atoms with Gasteiger partial charge in [0.1, 0.15) is 12.4 Å². The number of hydrogen-bond acceptors (Lipinski definition) is 3. The first-order chi connectivity index (χ1) is 11.8. The van der Waals surface area contributed by atoms with Crippen molar-refractivity contribution in [2.24, 2.45) is 0 Å². The summed E-state index contributed by atoms with van der Waals surface area (Å²) in [6.45, 7) is 0.886. The first-order valence-corrected chi connectivity index (χ1v) is 7.80. The summed E-state index contributed by atoms with van der Waals surface area (Å²) < 4.78 is 5.55. The van der Waals surface area contributed by atoms with Crippen LogP contribution < -0.4 is 10.1 Å². The van der Waals surface area contributed by atoms with Gasteiger partial charge in [-0.2, -0.15) is 0 Å². The number of ether oxygens (including phenoxy) is 1. The quantitative estimate of drug-likeness (QED) is 0.707. The van der Waals surface area contributed by atoms with Gasteiger partial charge in [-0.3, -0.25) is 9.78 Å². The highest BCUT2D eigenvalue weighted by Gasteiger charge is 2.06. The normalized spacial score (nSPS) is 10.2. The molecular formula is C20H18N2O2. The molecule has 0 saturated heterocycles.